The molecule has 0 unspecified atom stereocenters. The summed E-state index contributed by atoms with van der Waals surface area (Å²) >= 11 is 0. The summed E-state index contributed by atoms with van der Waals surface area (Å²) in [5.74, 6) is 0. The van der Waals surface area contributed by atoms with Crippen LogP contribution in [-0.2, 0) is 12.8 Å². The Bertz CT molecular complexity index is 646. The second kappa shape index (κ2) is 17.6. The van der Waals surface area contributed by atoms with Gasteiger partial charge in [-0.05, 0) is 47.6 Å². The molecule has 0 amide bonds. The first-order chi connectivity index (χ1) is 13.9. The molecule has 0 saturated carbocycles. The van der Waals surface area contributed by atoms with Crippen LogP contribution in [0.15, 0.2) is 36.4 Å². The predicted molar refractivity (Wildman–Crippen MR) is 136 cm³/mol. The zero-order valence-corrected chi connectivity index (χ0v) is 18.8. The summed E-state index contributed by atoms with van der Waals surface area (Å²) in [5.41, 5.74) is 3.27. The molecule has 2 aromatic rings. The monoisotopic (exact) mass is 422 g/mol. The summed E-state index contributed by atoms with van der Waals surface area (Å²) < 4.78 is 0. The van der Waals surface area contributed by atoms with Gasteiger partial charge in [0.1, 0.15) is 0 Å². The summed E-state index contributed by atoms with van der Waals surface area (Å²) in [5, 5.41) is 2.93. The standard InChI is InChI=1S/C28H44.Ca.2H/c1-3-5-7-9-11-13-15-19-25-23-24-26-20-17-18-22-28(26)27(25)21-16-14-12-10-8-6-4-2;;;/h17-18,20,22-24H,3-16,19,21H2,1-2H3;;;. The molecule has 2 aromatic carbocycles. The Morgan fingerprint density at radius 1 is 0.517 bits per heavy atom. The van der Waals surface area contributed by atoms with Crippen LogP contribution in [0.25, 0.3) is 10.8 Å². The van der Waals surface area contributed by atoms with Gasteiger partial charge in [0.05, 0.1) is 0 Å². The van der Waals surface area contributed by atoms with E-state index in [1.165, 1.54) is 114 Å². The molecule has 1 heteroatoms. The van der Waals surface area contributed by atoms with Gasteiger partial charge in [-0.15, -0.1) is 0 Å². The van der Waals surface area contributed by atoms with Gasteiger partial charge in [-0.3, -0.25) is 0 Å². The first-order valence-electron chi connectivity index (χ1n) is 12.4. The molecule has 0 heterocycles. The average molecular weight is 423 g/mol. The normalized spacial score (nSPS) is 11.0. The van der Waals surface area contributed by atoms with Crippen molar-refractivity contribution in [2.75, 3.05) is 0 Å². The molecule has 0 spiro atoms. The van der Waals surface area contributed by atoms with Gasteiger partial charge in [-0.25, -0.2) is 0 Å². The molecule has 0 aliphatic carbocycles. The van der Waals surface area contributed by atoms with E-state index in [1.54, 1.807) is 11.1 Å². The van der Waals surface area contributed by atoms with Crippen LogP contribution >= 0.6 is 0 Å². The van der Waals surface area contributed by atoms with E-state index in [2.05, 4.69) is 50.2 Å². The summed E-state index contributed by atoms with van der Waals surface area (Å²) in [6, 6.07) is 13.8. The maximum absolute atomic E-state index is 2.43. The molecule has 0 aliphatic heterocycles. The van der Waals surface area contributed by atoms with Crippen LogP contribution < -0.4 is 0 Å². The minimum atomic E-state index is 0. The van der Waals surface area contributed by atoms with Crippen molar-refractivity contribution in [1.82, 2.24) is 0 Å². The van der Waals surface area contributed by atoms with Crippen LogP contribution in [0.2, 0.25) is 0 Å². The number of hydrogen-bond donors (Lipinski definition) is 0. The van der Waals surface area contributed by atoms with E-state index in [1.807, 2.05) is 0 Å². The van der Waals surface area contributed by atoms with Crippen LogP contribution in [0.4, 0.5) is 0 Å². The fraction of sp³-hybridized carbons (Fsp3) is 0.643. The first-order valence-corrected chi connectivity index (χ1v) is 12.4. The van der Waals surface area contributed by atoms with E-state index < -0.39 is 0 Å². The van der Waals surface area contributed by atoms with E-state index in [0.717, 1.165) is 0 Å². The van der Waals surface area contributed by atoms with E-state index in [0.29, 0.717) is 0 Å². The zero-order valence-electron chi connectivity index (χ0n) is 18.8. The van der Waals surface area contributed by atoms with Crippen molar-refractivity contribution < 1.29 is 0 Å². The second-order valence-corrected chi connectivity index (χ2v) is 8.67. The summed E-state index contributed by atoms with van der Waals surface area (Å²) in [7, 11) is 0. The maximum atomic E-state index is 2.43. The molecule has 0 fully saturated rings. The third-order valence-electron chi connectivity index (χ3n) is 6.22. The molecule has 160 valence electrons. The van der Waals surface area contributed by atoms with Gasteiger partial charge in [0, 0.05) is 0 Å². The number of hydrogen-bond acceptors (Lipinski definition) is 0. The second-order valence-electron chi connectivity index (χ2n) is 8.67. The summed E-state index contributed by atoms with van der Waals surface area (Å²) in [6.07, 6.45) is 22.1. The molecule has 29 heavy (non-hydrogen) atoms. The van der Waals surface area contributed by atoms with E-state index >= 15 is 0 Å². The van der Waals surface area contributed by atoms with Crippen LogP contribution in [0.5, 0.6) is 0 Å². The Labute approximate surface area is 211 Å². The molecule has 0 bridgehead atoms. The van der Waals surface area contributed by atoms with E-state index in [4.69, 9.17) is 0 Å². The van der Waals surface area contributed by atoms with Crippen LogP contribution in [0, 0.1) is 0 Å². The Morgan fingerprint density at radius 2 is 1.03 bits per heavy atom. The fourth-order valence-electron chi connectivity index (χ4n) is 4.44. The topological polar surface area (TPSA) is 0 Å². The van der Waals surface area contributed by atoms with Crippen molar-refractivity contribution in [3.63, 3.8) is 0 Å². The van der Waals surface area contributed by atoms with Crippen molar-refractivity contribution in [2.45, 2.75) is 117 Å². The van der Waals surface area contributed by atoms with Crippen LogP contribution in [-0.4, -0.2) is 37.7 Å². The Hall–Kier alpha value is -0.0403. The van der Waals surface area contributed by atoms with Crippen molar-refractivity contribution in [2.24, 2.45) is 0 Å². The predicted octanol–water partition coefficient (Wildman–Crippen LogP) is 8.51. The molecule has 0 aromatic heterocycles. The third kappa shape index (κ3) is 10.7. The quantitative estimate of drug-likeness (QED) is 0.188. The van der Waals surface area contributed by atoms with Gasteiger partial charge in [-0.1, -0.05) is 127 Å². The van der Waals surface area contributed by atoms with Crippen LogP contribution in [0.3, 0.4) is 0 Å². The number of fused-ring (bicyclic) bond motifs is 1. The zero-order chi connectivity index (χ0) is 19.9. The molecule has 0 atom stereocenters. The Morgan fingerprint density at radius 3 is 1.66 bits per heavy atom. The van der Waals surface area contributed by atoms with E-state index in [9.17, 15) is 0 Å². The third-order valence-corrected chi connectivity index (χ3v) is 6.22. The van der Waals surface area contributed by atoms with Crippen molar-refractivity contribution in [3.8, 4) is 0 Å². The van der Waals surface area contributed by atoms with Crippen molar-refractivity contribution in [3.05, 3.63) is 47.5 Å². The summed E-state index contributed by atoms with van der Waals surface area (Å²) in [4.78, 5) is 0. The summed E-state index contributed by atoms with van der Waals surface area (Å²) in [6.45, 7) is 4.60. The van der Waals surface area contributed by atoms with Gasteiger partial charge < -0.3 is 0 Å². The number of rotatable bonds is 16. The molecule has 2 rings (SSSR count). The molecular weight excluding hydrogens is 376 g/mol. The van der Waals surface area contributed by atoms with Gasteiger partial charge in [-0.2, -0.15) is 0 Å². The average Bonchev–Trinajstić information content (AvgIpc) is 2.73. The number of unbranched alkanes of at least 4 members (excludes halogenated alkanes) is 12. The fourth-order valence-corrected chi connectivity index (χ4v) is 4.44. The number of benzene rings is 2. The van der Waals surface area contributed by atoms with Crippen LogP contribution in [0.1, 0.15) is 115 Å². The molecule has 0 N–H and O–H groups in total. The van der Waals surface area contributed by atoms with Gasteiger partial charge in [0.15, 0.2) is 0 Å². The van der Waals surface area contributed by atoms with E-state index in [-0.39, 0.29) is 37.7 Å². The molecular formula is C28H46Ca. The van der Waals surface area contributed by atoms with Gasteiger partial charge >= 0.3 is 37.7 Å². The molecule has 0 aliphatic rings. The molecule has 0 radical (unpaired) electrons. The van der Waals surface area contributed by atoms with Crippen molar-refractivity contribution in [1.29, 1.82) is 0 Å². The van der Waals surface area contributed by atoms with Gasteiger partial charge in [0.25, 0.3) is 0 Å². The number of aryl methyl sites for hydroxylation is 2. The first kappa shape index (κ1) is 27.0. The SMILES string of the molecule is CCCCCCCCCc1ccc2ccccc2c1CCCCCCCCC.[CaH2]. The Balaban J connectivity index is 0.00000420. The Kier molecular flexibility index (Phi) is 16.4. The van der Waals surface area contributed by atoms with Crippen molar-refractivity contribution >= 4 is 48.5 Å². The molecule has 0 saturated heterocycles. The molecule has 0 nitrogen and oxygen atoms in total. The minimum absolute atomic E-state index is 0. The van der Waals surface area contributed by atoms with Gasteiger partial charge in [0.2, 0.25) is 0 Å².